The third-order valence-corrected chi connectivity index (χ3v) is 5.29. The first-order valence-electron chi connectivity index (χ1n) is 9.96. The highest BCUT2D eigenvalue weighted by Gasteiger charge is 2.26. The van der Waals surface area contributed by atoms with Crippen LogP contribution in [0.25, 0.3) is 0 Å². The van der Waals surface area contributed by atoms with Crippen molar-refractivity contribution in [2.45, 2.75) is 52.1 Å². The molecule has 0 aliphatic heterocycles. The van der Waals surface area contributed by atoms with Gasteiger partial charge in [0.25, 0.3) is 0 Å². The summed E-state index contributed by atoms with van der Waals surface area (Å²) in [4.78, 5) is 27.3. The summed E-state index contributed by atoms with van der Waals surface area (Å²) >= 11 is 11.9. The van der Waals surface area contributed by atoms with E-state index in [1.807, 2.05) is 24.3 Å². The molecule has 0 heterocycles. The molecule has 2 aromatic rings. The molecule has 4 nitrogen and oxygen atoms in total. The molecule has 2 aromatic carbocycles. The van der Waals surface area contributed by atoms with Crippen molar-refractivity contribution in [3.8, 4) is 0 Å². The van der Waals surface area contributed by atoms with Crippen LogP contribution in [0.3, 0.4) is 0 Å². The molecule has 0 saturated carbocycles. The van der Waals surface area contributed by atoms with Crippen LogP contribution >= 0.6 is 23.2 Å². The Balaban J connectivity index is 2.12. The fourth-order valence-corrected chi connectivity index (χ4v) is 3.23. The van der Waals surface area contributed by atoms with Crippen molar-refractivity contribution < 1.29 is 9.59 Å². The van der Waals surface area contributed by atoms with Gasteiger partial charge >= 0.3 is 0 Å². The fraction of sp³-hybridized carbons (Fsp3) is 0.391. The third-order valence-electron chi connectivity index (χ3n) is 4.78. The minimum atomic E-state index is -0.577. The van der Waals surface area contributed by atoms with E-state index in [1.54, 1.807) is 36.1 Å². The van der Waals surface area contributed by atoms with Crippen molar-refractivity contribution in [1.82, 2.24) is 10.2 Å². The molecule has 0 fully saturated rings. The second kappa shape index (κ2) is 11.8. The second-order valence-corrected chi connectivity index (χ2v) is 8.00. The highest BCUT2D eigenvalue weighted by atomic mass is 35.5. The van der Waals surface area contributed by atoms with Gasteiger partial charge in [0, 0.05) is 23.1 Å². The SMILES string of the molecule is CCCCCNC(=O)[C@H](C)N(Cc1ccc(Cl)cc1)C(=O)Cc1ccc(Cl)cc1. The van der Waals surface area contributed by atoms with Gasteiger partial charge in [-0.25, -0.2) is 0 Å². The number of hydrogen-bond acceptors (Lipinski definition) is 2. The predicted octanol–water partition coefficient (Wildman–Crippen LogP) is 5.26. The molecule has 2 rings (SSSR count). The molecule has 2 amide bonds. The zero-order valence-electron chi connectivity index (χ0n) is 17.0. The van der Waals surface area contributed by atoms with Crippen molar-refractivity contribution in [3.05, 3.63) is 69.7 Å². The van der Waals surface area contributed by atoms with Crippen LogP contribution in [0.15, 0.2) is 48.5 Å². The van der Waals surface area contributed by atoms with E-state index < -0.39 is 6.04 Å². The first kappa shape index (κ1) is 23.2. The van der Waals surface area contributed by atoms with Crippen LogP contribution in [0, 0.1) is 0 Å². The molecule has 29 heavy (non-hydrogen) atoms. The molecular formula is C23H28Cl2N2O2. The number of benzene rings is 2. The van der Waals surface area contributed by atoms with E-state index in [-0.39, 0.29) is 18.2 Å². The van der Waals surface area contributed by atoms with Gasteiger partial charge in [0.2, 0.25) is 11.8 Å². The third kappa shape index (κ3) is 7.71. The van der Waals surface area contributed by atoms with Crippen LogP contribution in [-0.2, 0) is 22.6 Å². The Morgan fingerprint density at radius 3 is 2.03 bits per heavy atom. The summed E-state index contributed by atoms with van der Waals surface area (Å²) in [7, 11) is 0. The maximum absolute atomic E-state index is 13.1. The summed E-state index contributed by atoms with van der Waals surface area (Å²) in [5.41, 5.74) is 1.78. The van der Waals surface area contributed by atoms with Gasteiger partial charge in [0.15, 0.2) is 0 Å². The van der Waals surface area contributed by atoms with Crippen LogP contribution in [0.5, 0.6) is 0 Å². The maximum Gasteiger partial charge on any atom is 0.242 e. The van der Waals surface area contributed by atoms with Gasteiger partial charge < -0.3 is 10.2 Å². The minimum Gasteiger partial charge on any atom is -0.354 e. The van der Waals surface area contributed by atoms with Crippen molar-refractivity contribution >= 4 is 35.0 Å². The van der Waals surface area contributed by atoms with Gasteiger partial charge in [-0.2, -0.15) is 0 Å². The first-order valence-corrected chi connectivity index (χ1v) is 10.7. The lowest BCUT2D eigenvalue weighted by Gasteiger charge is -2.29. The van der Waals surface area contributed by atoms with Crippen molar-refractivity contribution in [2.24, 2.45) is 0 Å². The molecule has 0 bridgehead atoms. The molecule has 1 N–H and O–H groups in total. The maximum atomic E-state index is 13.1. The number of halogens is 2. The lowest BCUT2D eigenvalue weighted by Crippen LogP contribution is -2.48. The summed E-state index contributed by atoms with van der Waals surface area (Å²) in [6.07, 6.45) is 3.30. The lowest BCUT2D eigenvalue weighted by atomic mass is 10.1. The van der Waals surface area contributed by atoms with Crippen LogP contribution in [-0.4, -0.2) is 29.3 Å². The number of unbranched alkanes of at least 4 members (excludes halogenated alkanes) is 2. The Labute approximate surface area is 183 Å². The number of nitrogens with one attached hydrogen (secondary N) is 1. The first-order chi connectivity index (χ1) is 13.9. The smallest absolute Gasteiger partial charge is 0.242 e. The van der Waals surface area contributed by atoms with Gasteiger partial charge in [-0.1, -0.05) is 67.2 Å². The quantitative estimate of drug-likeness (QED) is 0.518. The van der Waals surface area contributed by atoms with E-state index in [0.717, 1.165) is 30.4 Å². The number of rotatable bonds is 10. The Morgan fingerprint density at radius 1 is 0.931 bits per heavy atom. The van der Waals surface area contributed by atoms with E-state index in [2.05, 4.69) is 12.2 Å². The highest BCUT2D eigenvalue weighted by molar-refractivity contribution is 6.30. The lowest BCUT2D eigenvalue weighted by molar-refractivity contribution is -0.140. The van der Waals surface area contributed by atoms with E-state index >= 15 is 0 Å². The zero-order chi connectivity index (χ0) is 21.2. The van der Waals surface area contributed by atoms with Crippen LogP contribution < -0.4 is 5.32 Å². The molecule has 0 aliphatic carbocycles. The average Bonchev–Trinajstić information content (AvgIpc) is 2.71. The van der Waals surface area contributed by atoms with E-state index in [0.29, 0.717) is 23.1 Å². The summed E-state index contributed by atoms with van der Waals surface area (Å²) in [6, 6.07) is 13.9. The largest absolute Gasteiger partial charge is 0.354 e. The van der Waals surface area contributed by atoms with E-state index in [4.69, 9.17) is 23.2 Å². The van der Waals surface area contributed by atoms with Crippen LogP contribution in [0.2, 0.25) is 10.0 Å². The molecule has 1 atom stereocenters. The van der Waals surface area contributed by atoms with Gasteiger partial charge in [0.05, 0.1) is 6.42 Å². The Bertz CT molecular complexity index is 792. The second-order valence-electron chi connectivity index (χ2n) is 7.13. The normalized spacial score (nSPS) is 11.7. The summed E-state index contributed by atoms with van der Waals surface area (Å²) in [5, 5.41) is 4.21. The molecule has 156 valence electrons. The molecule has 0 spiro atoms. The predicted molar refractivity (Wildman–Crippen MR) is 119 cm³/mol. The molecule has 0 radical (unpaired) electrons. The minimum absolute atomic E-state index is 0.113. The number of amides is 2. The molecule has 6 heteroatoms. The standard InChI is InChI=1S/C23H28Cl2N2O2/c1-3-4-5-14-26-23(29)17(2)27(16-19-8-12-21(25)13-9-19)22(28)15-18-6-10-20(24)11-7-18/h6-13,17H,3-5,14-16H2,1-2H3,(H,26,29)/t17-/m0/s1. The molecule has 0 aliphatic rings. The number of carbonyl (C=O) groups excluding carboxylic acids is 2. The van der Waals surface area contributed by atoms with Crippen molar-refractivity contribution in [3.63, 3.8) is 0 Å². The topological polar surface area (TPSA) is 49.4 Å². The van der Waals surface area contributed by atoms with Crippen LogP contribution in [0.4, 0.5) is 0 Å². The van der Waals surface area contributed by atoms with E-state index in [9.17, 15) is 9.59 Å². The number of hydrogen-bond donors (Lipinski definition) is 1. The summed E-state index contributed by atoms with van der Waals surface area (Å²) in [5.74, 6) is -0.252. The monoisotopic (exact) mass is 434 g/mol. The van der Waals surface area contributed by atoms with Gasteiger partial charge in [-0.15, -0.1) is 0 Å². The Kier molecular flexibility index (Phi) is 9.49. The Hall–Kier alpha value is -2.04. The fourth-order valence-electron chi connectivity index (χ4n) is 2.98. The van der Waals surface area contributed by atoms with Crippen LogP contribution in [0.1, 0.15) is 44.2 Å². The summed E-state index contributed by atoms with van der Waals surface area (Å²) in [6.45, 7) is 4.85. The number of nitrogens with zero attached hydrogens (tertiary/aromatic N) is 1. The molecule has 0 saturated heterocycles. The van der Waals surface area contributed by atoms with Crippen molar-refractivity contribution in [1.29, 1.82) is 0 Å². The average molecular weight is 435 g/mol. The molecular weight excluding hydrogens is 407 g/mol. The van der Waals surface area contributed by atoms with Gasteiger partial charge in [-0.3, -0.25) is 9.59 Å². The van der Waals surface area contributed by atoms with Gasteiger partial charge in [0.1, 0.15) is 6.04 Å². The summed E-state index contributed by atoms with van der Waals surface area (Å²) < 4.78 is 0. The number of carbonyl (C=O) groups is 2. The van der Waals surface area contributed by atoms with Crippen molar-refractivity contribution in [2.75, 3.05) is 6.54 Å². The highest BCUT2D eigenvalue weighted by Crippen LogP contribution is 2.16. The Morgan fingerprint density at radius 2 is 1.48 bits per heavy atom. The zero-order valence-corrected chi connectivity index (χ0v) is 18.5. The molecule has 0 aromatic heterocycles. The molecule has 0 unspecified atom stereocenters. The van der Waals surface area contributed by atoms with Gasteiger partial charge in [-0.05, 0) is 48.7 Å². The van der Waals surface area contributed by atoms with E-state index in [1.165, 1.54) is 0 Å².